The van der Waals surface area contributed by atoms with Gasteiger partial charge in [0.2, 0.25) is 0 Å². The van der Waals surface area contributed by atoms with Crippen molar-refractivity contribution in [1.29, 1.82) is 0 Å². The second kappa shape index (κ2) is 66.6. The van der Waals surface area contributed by atoms with Crippen molar-refractivity contribution in [3.05, 3.63) is 109 Å². The van der Waals surface area contributed by atoms with Crippen LogP contribution in [0.5, 0.6) is 0 Å². The number of carbonyl (C=O) groups excluding carboxylic acids is 3. The van der Waals surface area contributed by atoms with E-state index in [-0.39, 0.29) is 37.5 Å². The molecule has 6 heteroatoms. The predicted molar refractivity (Wildman–Crippen MR) is 343 cm³/mol. The van der Waals surface area contributed by atoms with Gasteiger partial charge in [0, 0.05) is 19.3 Å². The molecule has 1 unspecified atom stereocenters. The Kier molecular flexibility index (Phi) is 63.3. The molecule has 0 radical (unpaired) electrons. The molecular weight excluding hydrogens is 973 g/mol. The molecule has 0 aliphatic carbocycles. The molecule has 0 aromatic carbocycles. The Hall–Kier alpha value is -3.93. The number of rotatable bonds is 60. The lowest BCUT2D eigenvalue weighted by Crippen LogP contribution is -2.30. The quantitative estimate of drug-likeness (QED) is 0.0261. The molecule has 0 heterocycles. The van der Waals surface area contributed by atoms with Crippen LogP contribution >= 0.6 is 0 Å². The van der Waals surface area contributed by atoms with E-state index in [1.807, 2.05) is 6.08 Å². The molecule has 0 fully saturated rings. The number of allylic oxidation sites excluding steroid dienone is 18. The van der Waals surface area contributed by atoms with Gasteiger partial charge in [-0.05, 0) is 109 Å². The first-order valence-electron chi connectivity index (χ1n) is 33.4. The molecule has 0 saturated heterocycles. The zero-order chi connectivity index (χ0) is 57.1. The van der Waals surface area contributed by atoms with Gasteiger partial charge in [-0.3, -0.25) is 14.4 Å². The molecule has 79 heavy (non-hydrogen) atoms. The highest BCUT2D eigenvalue weighted by Gasteiger charge is 2.19. The van der Waals surface area contributed by atoms with E-state index in [2.05, 4.69) is 124 Å². The van der Waals surface area contributed by atoms with Gasteiger partial charge in [0.05, 0.1) is 0 Å². The van der Waals surface area contributed by atoms with Gasteiger partial charge in [0.1, 0.15) is 13.2 Å². The monoisotopic (exact) mass is 1100 g/mol. The smallest absolute Gasteiger partial charge is 0.306 e. The van der Waals surface area contributed by atoms with Crippen LogP contribution in [0, 0.1) is 0 Å². The fraction of sp³-hybridized carbons (Fsp3) is 0.712. The molecule has 6 nitrogen and oxygen atoms in total. The van der Waals surface area contributed by atoms with Crippen molar-refractivity contribution in [2.24, 2.45) is 0 Å². The summed E-state index contributed by atoms with van der Waals surface area (Å²) in [5, 5.41) is 0. The van der Waals surface area contributed by atoms with E-state index in [1.165, 1.54) is 167 Å². The van der Waals surface area contributed by atoms with Crippen molar-refractivity contribution >= 4 is 17.9 Å². The third-order valence-electron chi connectivity index (χ3n) is 14.3. The molecule has 0 saturated carbocycles. The van der Waals surface area contributed by atoms with Crippen molar-refractivity contribution in [3.8, 4) is 0 Å². The Morgan fingerprint density at radius 2 is 0.519 bits per heavy atom. The number of unbranched alkanes of at least 4 members (excludes halogenated alkanes) is 31. The highest BCUT2D eigenvalue weighted by Crippen LogP contribution is 2.17. The van der Waals surface area contributed by atoms with Gasteiger partial charge in [-0.1, -0.05) is 297 Å². The molecule has 0 amide bonds. The van der Waals surface area contributed by atoms with E-state index in [1.54, 1.807) is 0 Å². The minimum atomic E-state index is -0.818. The summed E-state index contributed by atoms with van der Waals surface area (Å²) in [7, 11) is 0. The van der Waals surface area contributed by atoms with E-state index in [0.29, 0.717) is 19.3 Å². The summed E-state index contributed by atoms with van der Waals surface area (Å²) < 4.78 is 16.8. The second-order valence-electron chi connectivity index (χ2n) is 22.0. The molecule has 0 N–H and O–H groups in total. The van der Waals surface area contributed by atoms with Gasteiger partial charge in [-0.25, -0.2) is 0 Å². The third-order valence-corrected chi connectivity index (χ3v) is 14.3. The van der Waals surface area contributed by atoms with Gasteiger partial charge < -0.3 is 14.2 Å². The lowest BCUT2D eigenvalue weighted by molar-refractivity contribution is -0.166. The fourth-order valence-electron chi connectivity index (χ4n) is 9.33. The van der Waals surface area contributed by atoms with Crippen molar-refractivity contribution in [1.82, 2.24) is 0 Å². The summed E-state index contributed by atoms with van der Waals surface area (Å²) >= 11 is 0. The third kappa shape index (κ3) is 64.8. The van der Waals surface area contributed by atoms with Crippen LogP contribution in [-0.2, 0) is 28.6 Å². The maximum atomic E-state index is 12.8. The number of hydrogen-bond donors (Lipinski definition) is 0. The number of carbonyl (C=O) groups is 3. The first kappa shape index (κ1) is 75.1. The van der Waals surface area contributed by atoms with Crippen LogP contribution in [0.25, 0.3) is 0 Å². The van der Waals surface area contributed by atoms with Gasteiger partial charge in [-0.15, -0.1) is 0 Å². The number of hydrogen-bond acceptors (Lipinski definition) is 6. The Balaban J connectivity index is 4.10. The minimum absolute atomic E-state index is 0.106. The summed E-state index contributed by atoms with van der Waals surface area (Å²) in [5.41, 5.74) is 0. The summed E-state index contributed by atoms with van der Waals surface area (Å²) in [6, 6.07) is 0. The molecule has 0 aromatic rings. The van der Waals surface area contributed by atoms with Crippen molar-refractivity contribution < 1.29 is 28.6 Å². The second-order valence-corrected chi connectivity index (χ2v) is 22.0. The van der Waals surface area contributed by atoms with Crippen LogP contribution in [-0.4, -0.2) is 37.2 Å². The molecule has 0 aromatic heterocycles. The fourth-order valence-corrected chi connectivity index (χ4v) is 9.33. The summed E-state index contributed by atoms with van der Waals surface area (Å²) in [4.78, 5) is 38.2. The maximum Gasteiger partial charge on any atom is 0.306 e. The predicted octanol–water partition coefficient (Wildman–Crippen LogP) is 23.0. The topological polar surface area (TPSA) is 78.9 Å². The van der Waals surface area contributed by atoms with E-state index >= 15 is 0 Å². The van der Waals surface area contributed by atoms with Crippen LogP contribution in [0.15, 0.2) is 109 Å². The Labute approximate surface area is 489 Å². The Morgan fingerprint density at radius 3 is 0.835 bits per heavy atom. The first-order chi connectivity index (χ1) is 39.0. The molecular formula is C73H124O6. The highest BCUT2D eigenvalue weighted by molar-refractivity contribution is 5.71. The first-order valence-corrected chi connectivity index (χ1v) is 33.4. The number of esters is 3. The summed E-state index contributed by atoms with van der Waals surface area (Å²) in [6.45, 7) is 6.35. The van der Waals surface area contributed by atoms with Crippen molar-refractivity contribution in [2.75, 3.05) is 13.2 Å². The van der Waals surface area contributed by atoms with Crippen LogP contribution in [0.2, 0.25) is 0 Å². The molecule has 0 spiro atoms. The standard InChI is InChI=1S/C73H124O6/c1-4-7-10-13-16-19-22-25-26-27-28-29-30-31-32-33-34-35-36-37-38-39-40-41-42-43-44-45-46-49-51-54-57-60-63-66-72(75)78-69-70(79-73(76)67-64-61-58-55-52-48-24-21-18-15-12-9-6-3)68-77-71(74)65-62-59-56-53-50-47-23-20-17-14-11-8-5-2/h7,9-10,12,16,18-21,23,25-26,28-29,48,52,58,61,70H,4-6,8,11,13-15,17,22,24,27,30-47,49-51,53-57,59-60,62-69H2,1-3H3/b10-7-,12-9-,19-16-,21-18-,23-20-,26-25-,29-28-,52-48-,61-58-. The molecule has 0 rings (SSSR count). The largest absolute Gasteiger partial charge is 0.462 e. The number of ether oxygens (including phenoxy) is 3. The molecule has 0 bridgehead atoms. The van der Waals surface area contributed by atoms with Crippen LogP contribution in [0.4, 0.5) is 0 Å². The Morgan fingerprint density at radius 1 is 0.266 bits per heavy atom. The van der Waals surface area contributed by atoms with E-state index in [0.717, 1.165) is 103 Å². The van der Waals surface area contributed by atoms with Gasteiger partial charge in [0.15, 0.2) is 6.10 Å². The van der Waals surface area contributed by atoms with Gasteiger partial charge >= 0.3 is 17.9 Å². The van der Waals surface area contributed by atoms with E-state index in [4.69, 9.17) is 14.2 Å². The van der Waals surface area contributed by atoms with E-state index in [9.17, 15) is 14.4 Å². The minimum Gasteiger partial charge on any atom is -0.462 e. The van der Waals surface area contributed by atoms with Crippen molar-refractivity contribution in [3.63, 3.8) is 0 Å². The molecule has 0 aliphatic rings. The SMILES string of the molecule is CC/C=C\C/C=C\C/C=C\C/C=C\CCCCCCCCCCCCCCCCCCCCCCCCC(=O)OCC(COC(=O)CCCCCCC/C=C\CCCCCC)OC(=O)CC/C=C\C/C=C\C/C=C\C/C=C\CC. The van der Waals surface area contributed by atoms with Gasteiger partial charge in [-0.2, -0.15) is 0 Å². The summed E-state index contributed by atoms with van der Waals surface area (Å²) in [5.74, 6) is -0.989. The van der Waals surface area contributed by atoms with Crippen molar-refractivity contribution in [2.45, 2.75) is 322 Å². The lowest BCUT2D eigenvalue weighted by Gasteiger charge is -2.18. The maximum absolute atomic E-state index is 12.8. The average molecular weight is 1100 g/mol. The molecule has 452 valence electrons. The molecule has 0 aliphatic heterocycles. The zero-order valence-electron chi connectivity index (χ0n) is 51.9. The average Bonchev–Trinajstić information content (AvgIpc) is 3.45. The summed E-state index contributed by atoms with van der Waals surface area (Å²) in [6.07, 6.45) is 91.5. The lowest BCUT2D eigenvalue weighted by atomic mass is 10.0. The molecule has 1 atom stereocenters. The van der Waals surface area contributed by atoms with Gasteiger partial charge in [0.25, 0.3) is 0 Å². The zero-order valence-corrected chi connectivity index (χ0v) is 51.9. The highest BCUT2D eigenvalue weighted by atomic mass is 16.6. The Bertz CT molecular complexity index is 1590. The van der Waals surface area contributed by atoms with E-state index < -0.39 is 6.10 Å². The van der Waals surface area contributed by atoms with Crippen LogP contribution in [0.3, 0.4) is 0 Å². The van der Waals surface area contributed by atoms with Crippen LogP contribution < -0.4 is 0 Å². The normalized spacial score (nSPS) is 12.8. The van der Waals surface area contributed by atoms with Crippen LogP contribution in [0.1, 0.15) is 316 Å².